The zero-order chi connectivity index (χ0) is 20.3. The van der Waals surface area contributed by atoms with Crippen LogP contribution in [-0.2, 0) is 17.4 Å². The highest BCUT2D eigenvalue weighted by Crippen LogP contribution is 2.34. The Hall–Kier alpha value is -2.84. The maximum Gasteiger partial charge on any atom is 0.421 e. The normalized spacial score (nSPS) is 13.4. The van der Waals surface area contributed by atoms with Crippen molar-refractivity contribution in [3.05, 3.63) is 35.5 Å². The van der Waals surface area contributed by atoms with E-state index in [1.54, 1.807) is 18.2 Å². The Morgan fingerprint density at radius 2 is 2.07 bits per heavy atom. The molecule has 0 saturated heterocycles. The molecule has 0 aliphatic carbocycles. The van der Waals surface area contributed by atoms with Gasteiger partial charge in [-0.3, -0.25) is 4.79 Å². The summed E-state index contributed by atoms with van der Waals surface area (Å²) in [7, 11) is 0. The molecule has 2 aromatic rings. The Morgan fingerprint density at radius 3 is 2.79 bits per heavy atom. The van der Waals surface area contributed by atoms with E-state index in [4.69, 9.17) is 0 Å². The van der Waals surface area contributed by atoms with Crippen LogP contribution < -0.4 is 16.0 Å². The first-order valence-electron chi connectivity index (χ1n) is 9.10. The van der Waals surface area contributed by atoms with Gasteiger partial charge in [0.05, 0.1) is 6.42 Å². The lowest BCUT2D eigenvalue weighted by molar-refractivity contribution is -0.137. The minimum Gasteiger partial charge on any atom is -0.369 e. The van der Waals surface area contributed by atoms with E-state index in [-0.39, 0.29) is 24.1 Å². The number of hydrogen-bond donors (Lipinski definition) is 3. The molecule has 0 atom stereocenters. The van der Waals surface area contributed by atoms with Gasteiger partial charge in [-0.2, -0.15) is 18.2 Å². The second-order valence-corrected chi connectivity index (χ2v) is 7.14. The lowest BCUT2D eigenvalue weighted by Crippen LogP contribution is -2.15. The van der Waals surface area contributed by atoms with Crippen molar-refractivity contribution >= 4 is 29.0 Å². The molecule has 0 saturated carbocycles. The molecule has 150 valence electrons. The molecular formula is C19H22F3N5O. The third-order valence-electron chi connectivity index (χ3n) is 4.33. The van der Waals surface area contributed by atoms with Crippen molar-refractivity contribution in [3.8, 4) is 0 Å². The standard InChI is InChI=1S/C19H22F3N5O/c1-11(2)4-3-7-23-17-14(19(20,21)22)10-24-18(27-17)25-13-5-6-15-12(8-13)9-16(28)26-15/h5-6,8,10-11H,3-4,7,9H2,1-2H3,(H,26,28)(H2,23,24,25,27). The molecule has 1 aliphatic rings. The molecule has 3 N–H and O–H groups in total. The first-order valence-corrected chi connectivity index (χ1v) is 9.10. The van der Waals surface area contributed by atoms with E-state index in [0.29, 0.717) is 18.2 Å². The van der Waals surface area contributed by atoms with Gasteiger partial charge in [0.15, 0.2) is 0 Å². The van der Waals surface area contributed by atoms with Gasteiger partial charge in [-0.1, -0.05) is 13.8 Å². The van der Waals surface area contributed by atoms with Gasteiger partial charge in [0.25, 0.3) is 0 Å². The van der Waals surface area contributed by atoms with E-state index in [1.165, 1.54) is 0 Å². The van der Waals surface area contributed by atoms with Crippen LogP contribution in [0.15, 0.2) is 24.4 Å². The number of carbonyl (C=O) groups is 1. The largest absolute Gasteiger partial charge is 0.421 e. The molecular weight excluding hydrogens is 371 g/mol. The highest BCUT2D eigenvalue weighted by molar-refractivity contribution is 5.99. The van der Waals surface area contributed by atoms with Crippen LogP contribution in [0.3, 0.4) is 0 Å². The topological polar surface area (TPSA) is 78.9 Å². The number of halogens is 3. The molecule has 0 fully saturated rings. The summed E-state index contributed by atoms with van der Waals surface area (Å²) in [5.41, 5.74) is 1.25. The van der Waals surface area contributed by atoms with E-state index in [0.717, 1.165) is 30.3 Å². The van der Waals surface area contributed by atoms with Crippen LogP contribution in [0.1, 0.15) is 37.8 Å². The highest BCUT2D eigenvalue weighted by Gasteiger charge is 2.35. The Balaban J connectivity index is 1.77. The molecule has 0 bridgehead atoms. The predicted octanol–water partition coefficient (Wildman–Crippen LogP) is 4.58. The van der Waals surface area contributed by atoms with E-state index < -0.39 is 11.7 Å². The third kappa shape index (κ3) is 4.90. The summed E-state index contributed by atoms with van der Waals surface area (Å²) in [6, 6.07) is 5.20. The molecule has 1 aliphatic heterocycles. The van der Waals surface area contributed by atoms with Crippen molar-refractivity contribution < 1.29 is 18.0 Å². The zero-order valence-electron chi connectivity index (χ0n) is 15.7. The Labute approximate surface area is 161 Å². The maximum atomic E-state index is 13.3. The molecule has 9 heteroatoms. The molecule has 0 radical (unpaired) electrons. The fraction of sp³-hybridized carbons (Fsp3) is 0.421. The van der Waals surface area contributed by atoms with Gasteiger partial charge in [-0.25, -0.2) is 4.98 Å². The van der Waals surface area contributed by atoms with Crippen molar-refractivity contribution in [2.45, 2.75) is 39.3 Å². The third-order valence-corrected chi connectivity index (χ3v) is 4.33. The summed E-state index contributed by atoms with van der Waals surface area (Å²) in [4.78, 5) is 19.3. The molecule has 0 unspecified atom stereocenters. The quantitative estimate of drug-likeness (QED) is 0.600. The second kappa shape index (κ2) is 8.04. The molecule has 2 heterocycles. The molecule has 6 nitrogen and oxygen atoms in total. The number of alkyl halides is 3. The highest BCUT2D eigenvalue weighted by atomic mass is 19.4. The summed E-state index contributed by atoms with van der Waals surface area (Å²) < 4.78 is 39.8. The van der Waals surface area contributed by atoms with Crippen LogP contribution in [0.2, 0.25) is 0 Å². The van der Waals surface area contributed by atoms with Crippen molar-refractivity contribution in [1.29, 1.82) is 0 Å². The first-order chi connectivity index (χ1) is 13.2. The number of nitrogens with zero attached hydrogens (tertiary/aromatic N) is 2. The Morgan fingerprint density at radius 1 is 1.29 bits per heavy atom. The van der Waals surface area contributed by atoms with Crippen molar-refractivity contribution in [3.63, 3.8) is 0 Å². The molecule has 0 spiro atoms. The average molecular weight is 393 g/mol. The van der Waals surface area contributed by atoms with E-state index in [9.17, 15) is 18.0 Å². The minimum absolute atomic E-state index is 0.0524. The van der Waals surface area contributed by atoms with Gasteiger partial charge in [0.1, 0.15) is 11.4 Å². The predicted molar refractivity (Wildman–Crippen MR) is 102 cm³/mol. The van der Waals surface area contributed by atoms with Crippen LogP contribution in [0.4, 0.5) is 36.3 Å². The lowest BCUT2D eigenvalue weighted by Gasteiger charge is -2.15. The number of aromatic nitrogens is 2. The van der Waals surface area contributed by atoms with Gasteiger partial charge >= 0.3 is 6.18 Å². The lowest BCUT2D eigenvalue weighted by atomic mass is 10.1. The van der Waals surface area contributed by atoms with Crippen molar-refractivity contribution in [1.82, 2.24) is 9.97 Å². The number of fused-ring (bicyclic) bond motifs is 1. The number of nitrogens with one attached hydrogen (secondary N) is 3. The van der Waals surface area contributed by atoms with Gasteiger partial charge in [-0.15, -0.1) is 0 Å². The molecule has 1 amide bonds. The zero-order valence-corrected chi connectivity index (χ0v) is 15.7. The molecule has 1 aromatic carbocycles. The smallest absolute Gasteiger partial charge is 0.369 e. The molecule has 1 aromatic heterocycles. The summed E-state index contributed by atoms with van der Waals surface area (Å²) in [5.74, 6) is 0.196. The van der Waals surface area contributed by atoms with E-state index in [1.807, 2.05) is 0 Å². The second-order valence-electron chi connectivity index (χ2n) is 7.14. The Bertz CT molecular complexity index is 867. The summed E-state index contributed by atoms with van der Waals surface area (Å²) in [6.07, 6.45) is -1.85. The van der Waals surface area contributed by atoms with Crippen LogP contribution in [0, 0.1) is 5.92 Å². The Kier molecular flexibility index (Phi) is 5.71. The van der Waals surface area contributed by atoms with Crippen LogP contribution in [0.5, 0.6) is 0 Å². The van der Waals surface area contributed by atoms with Gasteiger partial charge in [0, 0.05) is 24.1 Å². The maximum absolute atomic E-state index is 13.3. The van der Waals surface area contributed by atoms with Crippen molar-refractivity contribution in [2.24, 2.45) is 5.92 Å². The average Bonchev–Trinajstić information content (AvgIpc) is 2.97. The number of anilines is 4. The first kappa shape index (κ1) is 19.9. The van der Waals surface area contributed by atoms with Crippen LogP contribution in [0.25, 0.3) is 0 Å². The van der Waals surface area contributed by atoms with Gasteiger partial charge in [-0.05, 0) is 42.5 Å². The minimum atomic E-state index is -4.54. The number of benzene rings is 1. The summed E-state index contributed by atoms with van der Waals surface area (Å²) >= 11 is 0. The number of hydrogen-bond acceptors (Lipinski definition) is 5. The van der Waals surface area contributed by atoms with Gasteiger partial charge in [0.2, 0.25) is 11.9 Å². The SMILES string of the molecule is CC(C)CCCNc1nc(Nc2ccc3c(c2)CC(=O)N3)ncc1C(F)(F)F. The van der Waals surface area contributed by atoms with Crippen LogP contribution in [-0.4, -0.2) is 22.4 Å². The summed E-state index contributed by atoms with van der Waals surface area (Å²) in [6.45, 7) is 4.52. The van der Waals surface area contributed by atoms with Crippen LogP contribution >= 0.6 is 0 Å². The van der Waals surface area contributed by atoms with E-state index in [2.05, 4.69) is 39.8 Å². The van der Waals surface area contributed by atoms with Crippen molar-refractivity contribution in [2.75, 3.05) is 22.5 Å². The fourth-order valence-corrected chi connectivity index (χ4v) is 2.94. The monoisotopic (exact) mass is 393 g/mol. The number of amides is 1. The molecule has 3 rings (SSSR count). The van der Waals surface area contributed by atoms with Gasteiger partial charge < -0.3 is 16.0 Å². The number of carbonyl (C=O) groups excluding carboxylic acids is 1. The molecule has 28 heavy (non-hydrogen) atoms. The van der Waals surface area contributed by atoms with E-state index >= 15 is 0 Å². The summed E-state index contributed by atoms with van der Waals surface area (Å²) in [5, 5.41) is 8.42. The number of rotatable bonds is 7. The fourth-order valence-electron chi connectivity index (χ4n) is 2.94.